The Balaban J connectivity index is 1.51. The Morgan fingerprint density at radius 2 is 1.89 bits per heavy atom. The molecule has 1 fully saturated rings. The molecule has 9 nitrogen and oxygen atoms in total. The maximum atomic E-state index is 12.3. The van der Waals surface area contributed by atoms with Gasteiger partial charge in [-0.25, -0.2) is 13.1 Å². The minimum absolute atomic E-state index is 0.110. The van der Waals surface area contributed by atoms with E-state index in [4.69, 9.17) is 4.74 Å². The standard InChI is InChI=1S/C18H23N5O4S/c1-14(24)15-2-4-17(5-3-15)28(25,26)21-7-6-19-18-12-16(13-20-22-18)23-8-10-27-11-9-23/h2-5,12-13,21H,6-11H2,1H3,(H,19,22). The number of rotatable bonds is 8. The third kappa shape index (κ3) is 5.24. The number of carbonyl (C=O) groups is 1. The molecular weight excluding hydrogens is 382 g/mol. The molecule has 0 aliphatic carbocycles. The topological polar surface area (TPSA) is 114 Å². The highest BCUT2D eigenvalue weighted by Crippen LogP contribution is 2.17. The lowest BCUT2D eigenvalue weighted by molar-refractivity contribution is 0.101. The number of morpholine rings is 1. The van der Waals surface area contributed by atoms with E-state index in [1.165, 1.54) is 31.2 Å². The summed E-state index contributed by atoms with van der Waals surface area (Å²) in [5, 5.41) is 11.1. The van der Waals surface area contributed by atoms with Gasteiger partial charge in [0, 0.05) is 37.8 Å². The molecule has 0 atom stereocenters. The maximum absolute atomic E-state index is 12.3. The first-order valence-corrected chi connectivity index (χ1v) is 10.4. The number of nitrogens with zero attached hydrogens (tertiary/aromatic N) is 3. The zero-order valence-corrected chi connectivity index (χ0v) is 16.4. The van der Waals surface area contributed by atoms with Crippen LogP contribution in [0.1, 0.15) is 17.3 Å². The Morgan fingerprint density at radius 1 is 1.18 bits per heavy atom. The van der Waals surface area contributed by atoms with Crippen LogP contribution >= 0.6 is 0 Å². The maximum Gasteiger partial charge on any atom is 0.240 e. The number of carbonyl (C=O) groups excluding carboxylic acids is 1. The lowest BCUT2D eigenvalue weighted by atomic mass is 10.2. The fourth-order valence-corrected chi connectivity index (χ4v) is 3.80. The average molecular weight is 405 g/mol. The molecule has 2 heterocycles. The smallest absolute Gasteiger partial charge is 0.240 e. The van der Waals surface area contributed by atoms with E-state index in [2.05, 4.69) is 25.1 Å². The number of hydrogen-bond donors (Lipinski definition) is 2. The van der Waals surface area contributed by atoms with E-state index >= 15 is 0 Å². The van der Waals surface area contributed by atoms with E-state index in [0.29, 0.717) is 31.1 Å². The Kier molecular flexibility index (Phi) is 6.55. The van der Waals surface area contributed by atoms with Crippen LogP contribution in [-0.4, -0.2) is 63.8 Å². The number of sulfonamides is 1. The highest BCUT2D eigenvalue weighted by atomic mass is 32.2. The Morgan fingerprint density at radius 3 is 2.57 bits per heavy atom. The number of benzene rings is 1. The number of Topliss-reactive ketones (excluding diaryl/α,β-unsaturated/α-hetero) is 1. The highest BCUT2D eigenvalue weighted by molar-refractivity contribution is 7.89. The first-order chi connectivity index (χ1) is 13.5. The molecule has 1 saturated heterocycles. The molecule has 3 rings (SSSR count). The van der Waals surface area contributed by atoms with Crippen LogP contribution in [0.3, 0.4) is 0 Å². The summed E-state index contributed by atoms with van der Waals surface area (Å²) in [6.07, 6.45) is 1.70. The van der Waals surface area contributed by atoms with E-state index in [9.17, 15) is 13.2 Å². The molecule has 150 valence electrons. The summed E-state index contributed by atoms with van der Waals surface area (Å²) >= 11 is 0. The third-order valence-corrected chi connectivity index (χ3v) is 5.79. The summed E-state index contributed by atoms with van der Waals surface area (Å²) in [6.45, 7) is 4.93. The molecule has 1 aromatic heterocycles. The second kappa shape index (κ2) is 9.09. The minimum Gasteiger partial charge on any atom is -0.378 e. The first-order valence-electron chi connectivity index (χ1n) is 8.96. The molecule has 0 bridgehead atoms. The van der Waals surface area contributed by atoms with Gasteiger partial charge in [-0.05, 0) is 19.1 Å². The van der Waals surface area contributed by atoms with Gasteiger partial charge in [0.15, 0.2) is 11.6 Å². The van der Waals surface area contributed by atoms with E-state index in [-0.39, 0.29) is 17.2 Å². The van der Waals surface area contributed by atoms with Crippen molar-refractivity contribution >= 4 is 27.3 Å². The average Bonchev–Trinajstić information content (AvgIpc) is 2.72. The van der Waals surface area contributed by atoms with Crippen molar-refractivity contribution in [2.24, 2.45) is 0 Å². The van der Waals surface area contributed by atoms with E-state index in [0.717, 1.165) is 18.8 Å². The molecule has 0 saturated carbocycles. The van der Waals surface area contributed by atoms with Gasteiger partial charge >= 0.3 is 0 Å². The summed E-state index contributed by atoms with van der Waals surface area (Å²) in [7, 11) is -3.64. The number of hydrogen-bond acceptors (Lipinski definition) is 8. The fraction of sp³-hybridized carbons (Fsp3) is 0.389. The number of ether oxygens (including phenoxy) is 1. The number of nitrogens with one attached hydrogen (secondary N) is 2. The predicted octanol–water partition coefficient (Wildman–Crippen LogP) is 0.906. The Labute approximate surface area is 164 Å². The molecule has 1 aliphatic rings. The van der Waals surface area contributed by atoms with Crippen molar-refractivity contribution in [2.75, 3.05) is 49.6 Å². The molecule has 2 aromatic rings. The minimum atomic E-state index is -3.64. The molecule has 2 N–H and O–H groups in total. The molecule has 0 unspecified atom stereocenters. The van der Waals surface area contributed by atoms with Crippen LogP contribution < -0.4 is 14.9 Å². The van der Waals surface area contributed by atoms with Crippen molar-refractivity contribution in [3.8, 4) is 0 Å². The van der Waals surface area contributed by atoms with Crippen molar-refractivity contribution < 1.29 is 17.9 Å². The number of anilines is 2. The van der Waals surface area contributed by atoms with Crippen LogP contribution in [0.2, 0.25) is 0 Å². The number of ketones is 1. The van der Waals surface area contributed by atoms with Gasteiger partial charge in [0.1, 0.15) is 0 Å². The molecule has 1 aromatic carbocycles. The molecule has 1 aliphatic heterocycles. The van der Waals surface area contributed by atoms with Crippen LogP contribution in [0.25, 0.3) is 0 Å². The van der Waals surface area contributed by atoms with Crippen LogP contribution in [0.5, 0.6) is 0 Å². The quantitative estimate of drug-likeness (QED) is 0.492. The van der Waals surface area contributed by atoms with Gasteiger partial charge in [-0.1, -0.05) is 12.1 Å². The van der Waals surface area contributed by atoms with E-state index in [1.807, 2.05) is 6.07 Å². The SMILES string of the molecule is CC(=O)c1ccc(S(=O)(=O)NCCNc2cc(N3CCOCC3)cnn2)cc1. The van der Waals surface area contributed by atoms with Gasteiger partial charge in [0.05, 0.1) is 30.0 Å². The van der Waals surface area contributed by atoms with Crippen molar-refractivity contribution in [1.82, 2.24) is 14.9 Å². The van der Waals surface area contributed by atoms with Gasteiger partial charge in [0.25, 0.3) is 0 Å². The molecule has 0 radical (unpaired) electrons. The Bertz CT molecular complexity index is 912. The molecule has 28 heavy (non-hydrogen) atoms. The van der Waals surface area contributed by atoms with Gasteiger partial charge < -0.3 is 15.0 Å². The Hall–Kier alpha value is -2.56. The second-order valence-electron chi connectivity index (χ2n) is 6.30. The zero-order valence-electron chi connectivity index (χ0n) is 15.6. The van der Waals surface area contributed by atoms with Crippen molar-refractivity contribution in [2.45, 2.75) is 11.8 Å². The molecular formula is C18H23N5O4S. The summed E-state index contributed by atoms with van der Waals surface area (Å²) in [4.78, 5) is 13.6. The van der Waals surface area contributed by atoms with Crippen molar-refractivity contribution in [3.63, 3.8) is 0 Å². The van der Waals surface area contributed by atoms with E-state index in [1.54, 1.807) is 6.20 Å². The van der Waals surface area contributed by atoms with Crippen LogP contribution in [0.4, 0.5) is 11.5 Å². The first kappa shape index (κ1) is 20.2. The monoisotopic (exact) mass is 405 g/mol. The van der Waals surface area contributed by atoms with Gasteiger partial charge in [-0.3, -0.25) is 4.79 Å². The third-order valence-electron chi connectivity index (χ3n) is 4.31. The largest absolute Gasteiger partial charge is 0.378 e. The molecule has 0 amide bonds. The van der Waals surface area contributed by atoms with Crippen LogP contribution in [-0.2, 0) is 14.8 Å². The zero-order chi connectivity index (χ0) is 20.0. The predicted molar refractivity (Wildman–Crippen MR) is 105 cm³/mol. The summed E-state index contributed by atoms with van der Waals surface area (Å²) < 4.78 is 32.5. The summed E-state index contributed by atoms with van der Waals surface area (Å²) in [6, 6.07) is 7.73. The molecule has 0 spiro atoms. The van der Waals surface area contributed by atoms with Gasteiger partial charge in [-0.2, -0.15) is 5.10 Å². The van der Waals surface area contributed by atoms with Crippen LogP contribution in [0, 0.1) is 0 Å². The van der Waals surface area contributed by atoms with Gasteiger partial charge in [0.2, 0.25) is 10.0 Å². The lowest BCUT2D eigenvalue weighted by Crippen LogP contribution is -2.36. The lowest BCUT2D eigenvalue weighted by Gasteiger charge is -2.28. The molecule has 10 heteroatoms. The number of aromatic nitrogens is 2. The van der Waals surface area contributed by atoms with Gasteiger partial charge in [-0.15, -0.1) is 5.10 Å². The van der Waals surface area contributed by atoms with Crippen LogP contribution in [0.15, 0.2) is 41.4 Å². The van der Waals surface area contributed by atoms with E-state index < -0.39 is 10.0 Å². The summed E-state index contributed by atoms with van der Waals surface area (Å²) in [5.74, 6) is 0.468. The summed E-state index contributed by atoms with van der Waals surface area (Å²) in [5.41, 5.74) is 1.42. The normalized spacial score (nSPS) is 14.7. The van der Waals surface area contributed by atoms with Crippen molar-refractivity contribution in [1.29, 1.82) is 0 Å². The fourth-order valence-electron chi connectivity index (χ4n) is 2.77. The second-order valence-corrected chi connectivity index (χ2v) is 8.07. The van der Waals surface area contributed by atoms with Crippen molar-refractivity contribution in [3.05, 3.63) is 42.1 Å². The highest BCUT2D eigenvalue weighted by Gasteiger charge is 2.14.